The molecule has 2 aromatic carbocycles. The zero-order chi connectivity index (χ0) is 25.0. The average Bonchev–Trinajstić information content (AvgIpc) is 3.61. The van der Waals surface area contributed by atoms with Crippen LogP contribution < -0.4 is 4.90 Å². The van der Waals surface area contributed by atoms with Gasteiger partial charge in [-0.05, 0) is 82.3 Å². The van der Waals surface area contributed by atoms with Crippen molar-refractivity contribution >= 4 is 21.6 Å². The summed E-state index contributed by atoms with van der Waals surface area (Å²) >= 11 is 0. The zero-order valence-corrected chi connectivity index (χ0v) is 21.5. The van der Waals surface area contributed by atoms with E-state index in [1.54, 1.807) is 0 Å². The summed E-state index contributed by atoms with van der Waals surface area (Å²) in [4.78, 5) is 19.5. The Hall–Kier alpha value is -2.45. The van der Waals surface area contributed by atoms with E-state index in [9.17, 15) is 13.2 Å². The normalized spacial score (nSPS) is 27.3. The molecule has 5 rings (SSSR count). The molecule has 2 saturated carbocycles. The lowest BCUT2D eigenvalue weighted by molar-refractivity contribution is 0.0249. The Bertz CT molecular complexity index is 1220. The van der Waals surface area contributed by atoms with E-state index in [0.29, 0.717) is 19.0 Å². The lowest BCUT2D eigenvalue weighted by atomic mass is 9.68. The van der Waals surface area contributed by atoms with Gasteiger partial charge in [-0.15, -0.1) is 0 Å². The van der Waals surface area contributed by atoms with Crippen LogP contribution in [0.15, 0.2) is 53.4 Å². The number of nitrogens with zero attached hydrogens (tertiary/aromatic N) is 3. The minimum absolute atomic E-state index is 0.0776. The maximum absolute atomic E-state index is 15.1. The predicted octanol–water partition coefficient (Wildman–Crippen LogP) is 4.65. The summed E-state index contributed by atoms with van der Waals surface area (Å²) in [6.45, 7) is 1.13. The maximum atomic E-state index is 15.1. The van der Waals surface area contributed by atoms with E-state index in [-0.39, 0.29) is 27.7 Å². The van der Waals surface area contributed by atoms with Crippen molar-refractivity contribution in [2.45, 2.75) is 54.5 Å². The van der Waals surface area contributed by atoms with Crippen molar-refractivity contribution in [1.82, 2.24) is 9.80 Å². The minimum atomic E-state index is -3.53. The second-order valence-corrected chi connectivity index (χ2v) is 12.8. The van der Waals surface area contributed by atoms with Crippen LogP contribution in [0, 0.1) is 11.7 Å². The van der Waals surface area contributed by atoms with Crippen molar-refractivity contribution in [2.75, 3.05) is 38.3 Å². The van der Waals surface area contributed by atoms with E-state index < -0.39 is 15.7 Å². The highest BCUT2D eigenvalue weighted by atomic mass is 32.2. The van der Waals surface area contributed by atoms with Crippen LogP contribution in [0.25, 0.3) is 0 Å². The number of halogens is 1. The number of urea groups is 1. The maximum Gasteiger partial charge on any atom is 0.325 e. The van der Waals surface area contributed by atoms with Crippen LogP contribution in [0.5, 0.6) is 0 Å². The monoisotopic (exact) mass is 499 g/mol. The fourth-order valence-corrected chi connectivity index (χ4v) is 6.68. The third kappa shape index (κ3) is 4.25. The average molecular weight is 500 g/mol. The molecule has 35 heavy (non-hydrogen) atoms. The highest BCUT2D eigenvalue weighted by molar-refractivity contribution is 7.90. The van der Waals surface area contributed by atoms with Crippen molar-refractivity contribution in [3.63, 3.8) is 0 Å². The highest BCUT2D eigenvalue weighted by Gasteiger charge is 2.55. The molecule has 3 fully saturated rings. The van der Waals surface area contributed by atoms with Crippen molar-refractivity contribution in [1.29, 1.82) is 0 Å². The molecule has 0 bridgehead atoms. The molecule has 1 spiro atoms. The number of hydrogen-bond donors (Lipinski definition) is 0. The van der Waals surface area contributed by atoms with Crippen LogP contribution in [0.2, 0.25) is 0 Å². The van der Waals surface area contributed by atoms with Crippen molar-refractivity contribution in [3.05, 3.63) is 59.9 Å². The van der Waals surface area contributed by atoms with Gasteiger partial charge in [-0.1, -0.05) is 30.3 Å². The number of sulfone groups is 1. The fourth-order valence-electron chi connectivity index (χ4n) is 6.05. The summed E-state index contributed by atoms with van der Waals surface area (Å²) in [6.07, 6.45) is 6.78. The molecule has 1 saturated heterocycles. The van der Waals surface area contributed by atoms with Gasteiger partial charge in [0.15, 0.2) is 9.84 Å². The number of carbonyl (C=O) groups excluding carboxylic acids is 1. The molecule has 0 N–H and O–H groups in total. The van der Waals surface area contributed by atoms with Gasteiger partial charge in [-0.25, -0.2) is 17.6 Å². The van der Waals surface area contributed by atoms with Gasteiger partial charge in [0, 0.05) is 18.3 Å². The third-order valence-corrected chi connectivity index (χ3v) is 9.55. The minimum Gasteiger partial charge on any atom is -0.317 e. The van der Waals surface area contributed by atoms with Crippen LogP contribution >= 0.6 is 0 Å². The Kier molecular flexibility index (Phi) is 5.95. The summed E-state index contributed by atoms with van der Waals surface area (Å²) < 4.78 is 38.9. The molecule has 0 radical (unpaired) electrons. The highest BCUT2D eigenvalue weighted by Crippen LogP contribution is 2.50. The summed E-state index contributed by atoms with van der Waals surface area (Å²) in [5, 5.41) is 0. The first kappa shape index (κ1) is 24.3. The van der Waals surface area contributed by atoms with E-state index in [4.69, 9.17) is 0 Å². The standard InChI is InChI=1S/C27H34FN3O3S/c1-29(2)27(21-7-5-4-6-8-21)15-13-26(14-16-27)19-30(25(32)31(26)18-20-9-10-20)24-12-11-22(17-23(24)28)35(3,33)34/h4-8,11-12,17,20H,9-10,13-16,18-19H2,1-3H3. The summed E-state index contributed by atoms with van der Waals surface area (Å²) in [7, 11) is 0.715. The lowest BCUT2D eigenvalue weighted by Crippen LogP contribution is -2.55. The van der Waals surface area contributed by atoms with Gasteiger partial charge in [0.2, 0.25) is 0 Å². The quantitative estimate of drug-likeness (QED) is 0.581. The number of hydrogen-bond acceptors (Lipinski definition) is 4. The summed E-state index contributed by atoms with van der Waals surface area (Å²) in [5.41, 5.74) is 0.997. The van der Waals surface area contributed by atoms with Gasteiger partial charge in [0.25, 0.3) is 0 Å². The molecule has 2 aliphatic carbocycles. The fraction of sp³-hybridized carbons (Fsp3) is 0.519. The smallest absolute Gasteiger partial charge is 0.317 e. The van der Waals surface area contributed by atoms with Crippen molar-refractivity contribution in [2.24, 2.45) is 5.92 Å². The van der Waals surface area contributed by atoms with E-state index in [1.165, 1.54) is 22.6 Å². The van der Waals surface area contributed by atoms with Gasteiger partial charge >= 0.3 is 6.03 Å². The molecular weight excluding hydrogens is 465 g/mol. The second kappa shape index (κ2) is 8.59. The summed E-state index contributed by atoms with van der Waals surface area (Å²) in [5.74, 6) is -0.157. The van der Waals surface area contributed by atoms with Gasteiger partial charge in [0.05, 0.1) is 22.7 Å². The van der Waals surface area contributed by atoms with E-state index in [2.05, 4.69) is 43.3 Å². The number of anilines is 1. The number of amides is 2. The molecule has 0 aromatic heterocycles. The molecule has 3 aliphatic rings. The number of rotatable bonds is 6. The van der Waals surface area contributed by atoms with Crippen LogP contribution in [-0.2, 0) is 15.4 Å². The van der Waals surface area contributed by atoms with Crippen molar-refractivity contribution in [3.8, 4) is 0 Å². The Labute approximate surface area is 207 Å². The molecule has 1 heterocycles. The molecule has 0 atom stereocenters. The molecule has 188 valence electrons. The third-order valence-electron chi connectivity index (χ3n) is 8.44. The van der Waals surface area contributed by atoms with Crippen LogP contribution in [-0.4, -0.2) is 63.2 Å². The Morgan fingerprint density at radius 2 is 1.69 bits per heavy atom. The van der Waals surface area contributed by atoms with E-state index in [0.717, 1.165) is 50.8 Å². The number of carbonyl (C=O) groups is 1. The molecule has 8 heteroatoms. The summed E-state index contributed by atoms with van der Waals surface area (Å²) in [6, 6.07) is 14.3. The van der Waals surface area contributed by atoms with Crippen LogP contribution in [0.4, 0.5) is 14.9 Å². The van der Waals surface area contributed by atoms with Gasteiger partial charge in [-0.2, -0.15) is 0 Å². The largest absolute Gasteiger partial charge is 0.325 e. The predicted molar refractivity (Wildman–Crippen MR) is 135 cm³/mol. The second-order valence-electron chi connectivity index (χ2n) is 10.8. The SMILES string of the molecule is CN(C)C1(c2ccccc2)CCC2(CC1)CN(c1ccc(S(C)(=O)=O)cc1F)C(=O)N2CC1CC1. The molecule has 0 unspecified atom stereocenters. The van der Waals surface area contributed by atoms with Gasteiger partial charge < -0.3 is 4.90 Å². The Morgan fingerprint density at radius 1 is 1.03 bits per heavy atom. The van der Waals surface area contributed by atoms with E-state index >= 15 is 4.39 Å². The van der Waals surface area contributed by atoms with Crippen LogP contribution in [0.3, 0.4) is 0 Å². The van der Waals surface area contributed by atoms with Gasteiger partial charge in [0.1, 0.15) is 5.82 Å². The van der Waals surface area contributed by atoms with Crippen LogP contribution in [0.1, 0.15) is 44.1 Å². The Balaban J connectivity index is 1.47. The lowest BCUT2D eigenvalue weighted by Gasteiger charge is -2.51. The first-order valence-electron chi connectivity index (χ1n) is 12.4. The van der Waals surface area contributed by atoms with Gasteiger partial charge in [-0.3, -0.25) is 9.80 Å². The first-order chi connectivity index (χ1) is 16.6. The Morgan fingerprint density at radius 3 is 2.23 bits per heavy atom. The molecule has 6 nitrogen and oxygen atoms in total. The zero-order valence-electron chi connectivity index (χ0n) is 20.7. The molecular formula is C27H34FN3O3S. The van der Waals surface area contributed by atoms with Crippen molar-refractivity contribution < 1.29 is 17.6 Å². The molecule has 2 amide bonds. The number of benzene rings is 2. The first-order valence-corrected chi connectivity index (χ1v) is 14.3. The molecule has 2 aromatic rings. The topological polar surface area (TPSA) is 60.9 Å². The molecule has 1 aliphatic heterocycles. The van der Waals surface area contributed by atoms with E-state index in [1.807, 2.05) is 11.0 Å².